The molecule has 0 radical (unpaired) electrons. The first-order valence-electron chi connectivity index (χ1n) is 6.09. The van der Waals surface area contributed by atoms with Crippen LogP contribution in [0.25, 0.3) is 0 Å². The highest BCUT2D eigenvalue weighted by atomic mass is 16.5. The van der Waals surface area contributed by atoms with Crippen LogP contribution in [-0.4, -0.2) is 19.3 Å². The molecule has 0 aromatic heterocycles. The molecule has 2 N–H and O–H groups in total. The van der Waals surface area contributed by atoms with E-state index in [1.54, 1.807) is 0 Å². The molecule has 2 heteroatoms. The molecule has 84 valence electrons. The van der Waals surface area contributed by atoms with Gasteiger partial charge in [-0.3, -0.25) is 0 Å². The largest absolute Gasteiger partial charge is 0.378 e. The van der Waals surface area contributed by atoms with Gasteiger partial charge in [-0.1, -0.05) is 33.1 Å². The maximum atomic E-state index is 5.96. The highest BCUT2D eigenvalue weighted by Crippen LogP contribution is 2.29. The summed E-state index contributed by atoms with van der Waals surface area (Å²) in [5.41, 5.74) is 5.57. The van der Waals surface area contributed by atoms with E-state index in [2.05, 4.69) is 13.8 Å². The van der Waals surface area contributed by atoms with Gasteiger partial charge in [-0.2, -0.15) is 0 Å². The van der Waals surface area contributed by atoms with E-state index in [-0.39, 0.29) is 0 Å². The van der Waals surface area contributed by atoms with E-state index in [0.29, 0.717) is 12.0 Å². The molecule has 2 nitrogen and oxygen atoms in total. The maximum Gasteiger partial charge on any atom is 0.0603 e. The molecule has 14 heavy (non-hydrogen) atoms. The van der Waals surface area contributed by atoms with Gasteiger partial charge in [0.25, 0.3) is 0 Å². The first-order chi connectivity index (χ1) is 6.77. The second-order valence-corrected chi connectivity index (χ2v) is 4.67. The highest BCUT2D eigenvalue weighted by molar-refractivity contribution is 4.75. The van der Waals surface area contributed by atoms with Crippen molar-refractivity contribution in [1.82, 2.24) is 0 Å². The molecule has 0 spiro atoms. The van der Waals surface area contributed by atoms with Crippen LogP contribution in [0.3, 0.4) is 0 Å². The standard InChI is InChI=1S/C12H25NO/c1-3-11-6-4-5-7-12(11)14-9-10(2)8-13/h10-12H,3-9,13H2,1-2H3. The molecule has 1 rings (SSSR count). The van der Waals surface area contributed by atoms with Crippen molar-refractivity contribution in [2.45, 2.75) is 52.1 Å². The Morgan fingerprint density at radius 2 is 2.07 bits per heavy atom. The molecule has 0 aromatic carbocycles. The summed E-state index contributed by atoms with van der Waals surface area (Å²) in [6.45, 7) is 6.02. The van der Waals surface area contributed by atoms with Crippen molar-refractivity contribution < 1.29 is 4.74 Å². The lowest BCUT2D eigenvalue weighted by Crippen LogP contribution is -2.30. The summed E-state index contributed by atoms with van der Waals surface area (Å²) in [5, 5.41) is 0. The summed E-state index contributed by atoms with van der Waals surface area (Å²) < 4.78 is 5.96. The molecule has 0 heterocycles. The van der Waals surface area contributed by atoms with Gasteiger partial charge >= 0.3 is 0 Å². The van der Waals surface area contributed by atoms with E-state index < -0.39 is 0 Å². The number of nitrogens with two attached hydrogens (primary N) is 1. The van der Waals surface area contributed by atoms with Crippen LogP contribution >= 0.6 is 0 Å². The Hall–Kier alpha value is -0.0800. The fourth-order valence-corrected chi connectivity index (χ4v) is 2.22. The molecule has 3 atom stereocenters. The minimum absolute atomic E-state index is 0.509. The molecule has 0 aromatic rings. The summed E-state index contributed by atoms with van der Waals surface area (Å²) in [6, 6.07) is 0. The predicted octanol–water partition coefficient (Wildman–Crippen LogP) is 2.57. The lowest BCUT2D eigenvalue weighted by Gasteiger charge is -2.31. The third-order valence-electron chi connectivity index (χ3n) is 3.36. The average Bonchev–Trinajstić information content (AvgIpc) is 2.26. The van der Waals surface area contributed by atoms with Crippen LogP contribution in [0.4, 0.5) is 0 Å². The van der Waals surface area contributed by atoms with Crippen molar-refractivity contribution in [3.8, 4) is 0 Å². The molecular weight excluding hydrogens is 174 g/mol. The van der Waals surface area contributed by atoms with Gasteiger partial charge < -0.3 is 10.5 Å². The average molecular weight is 199 g/mol. The summed E-state index contributed by atoms with van der Waals surface area (Å²) in [5.74, 6) is 1.31. The molecule has 0 aliphatic heterocycles. The molecule has 1 aliphatic carbocycles. The number of rotatable bonds is 5. The topological polar surface area (TPSA) is 35.2 Å². The number of hydrogen-bond donors (Lipinski definition) is 1. The maximum absolute atomic E-state index is 5.96. The van der Waals surface area contributed by atoms with Gasteiger partial charge in [0.1, 0.15) is 0 Å². The van der Waals surface area contributed by atoms with Gasteiger partial charge in [-0.15, -0.1) is 0 Å². The lowest BCUT2D eigenvalue weighted by molar-refractivity contribution is -0.0245. The van der Waals surface area contributed by atoms with Crippen molar-refractivity contribution in [1.29, 1.82) is 0 Å². The molecule has 0 bridgehead atoms. The predicted molar refractivity (Wildman–Crippen MR) is 60.2 cm³/mol. The SMILES string of the molecule is CCC1CCCCC1OCC(C)CN. The number of hydrogen-bond acceptors (Lipinski definition) is 2. The fraction of sp³-hybridized carbons (Fsp3) is 1.00. The molecule has 0 saturated heterocycles. The Kier molecular flexibility index (Phi) is 5.49. The van der Waals surface area contributed by atoms with E-state index in [4.69, 9.17) is 10.5 Å². The Balaban J connectivity index is 2.26. The van der Waals surface area contributed by atoms with Crippen molar-refractivity contribution in [2.24, 2.45) is 17.6 Å². The molecule has 1 saturated carbocycles. The second-order valence-electron chi connectivity index (χ2n) is 4.67. The Morgan fingerprint density at radius 1 is 1.36 bits per heavy atom. The van der Waals surface area contributed by atoms with Crippen molar-refractivity contribution >= 4 is 0 Å². The highest BCUT2D eigenvalue weighted by Gasteiger charge is 2.24. The van der Waals surface area contributed by atoms with Gasteiger partial charge in [0.2, 0.25) is 0 Å². The summed E-state index contributed by atoms with van der Waals surface area (Å²) >= 11 is 0. The van der Waals surface area contributed by atoms with Gasteiger partial charge in [0.15, 0.2) is 0 Å². The van der Waals surface area contributed by atoms with E-state index in [0.717, 1.165) is 19.1 Å². The first kappa shape index (κ1) is 12.0. The summed E-state index contributed by atoms with van der Waals surface area (Å²) in [6.07, 6.45) is 7.14. The molecule has 3 unspecified atom stereocenters. The Bertz CT molecular complexity index is 149. The molecule has 1 aliphatic rings. The molecule has 1 fully saturated rings. The minimum atomic E-state index is 0.509. The van der Waals surface area contributed by atoms with Crippen molar-refractivity contribution in [3.63, 3.8) is 0 Å². The van der Waals surface area contributed by atoms with Crippen molar-refractivity contribution in [3.05, 3.63) is 0 Å². The van der Waals surface area contributed by atoms with Crippen LogP contribution < -0.4 is 5.73 Å². The zero-order valence-electron chi connectivity index (χ0n) is 9.67. The van der Waals surface area contributed by atoms with Crippen LogP contribution in [-0.2, 0) is 4.74 Å². The third-order valence-corrected chi connectivity index (χ3v) is 3.36. The van der Waals surface area contributed by atoms with E-state index in [9.17, 15) is 0 Å². The zero-order chi connectivity index (χ0) is 10.4. The lowest BCUT2D eigenvalue weighted by atomic mass is 9.85. The van der Waals surface area contributed by atoms with E-state index >= 15 is 0 Å². The Morgan fingerprint density at radius 3 is 2.71 bits per heavy atom. The molecular formula is C12H25NO. The quantitative estimate of drug-likeness (QED) is 0.738. The van der Waals surface area contributed by atoms with Crippen LogP contribution in [0.1, 0.15) is 46.0 Å². The molecule has 0 amide bonds. The van der Waals surface area contributed by atoms with Gasteiger partial charge in [-0.25, -0.2) is 0 Å². The van der Waals surface area contributed by atoms with Crippen LogP contribution in [0.15, 0.2) is 0 Å². The Labute approximate surface area is 88.2 Å². The zero-order valence-corrected chi connectivity index (χ0v) is 9.67. The normalized spacial score (nSPS) is 30.2. The fourth-order valence-electron chi connectivity index (χ4n) is 2.22. The van der Waals surface area contributed by atoms with Gasteiger partial charge in [-0.05, 0) is 31.2 Å². The monoisotopic (exact) mass is 199 g/mol. The van der Waals surface area contributed by atoms with Crippen LogP contribution in [0, 0.1) is 11.8 Å². The third kappa shape index (κ3) is 3.58. The van der Waals surface area contributed by atoms with Gasteiger partial charge in [0, 0.05) is 0 Å². The smallest absolute Gasteiger partial charge is 0.0603 e. The minimum Gasteiger partial charge on any atom is -0.378 e. The van der Waals surface area contributed by atoms with E-state index in [1.807, 2.05) is 0 Å². The summed E-state index contributed by atoms with van der Waals surface area (Å²) in [4.78, 5) is 0. The number of ether oxygens (including phenoxy) is 1. The first-order valence-corrected chi connectivity index (χ1v) is 6.09. The van der Waals surface area contributed by atoms with Crippen LogP contribution in [0.5, 0.6) is 0 Å². The second kappa shape index (κ2) is 6.41. The van der Waals surface area contributed by atoms with Crippen molar-refractivity contribution in [2.75, 3.05) is 13.2 Å². The van der Waals surface area contributed by atoms with Gasteiger partial charge in [0.05, 0.1) is 12.7 Å². The summed E-state index contributed by atoms with van der Waals surface area (Å²) in [7, 11) is 0. The van der Waals surface area contributed by atoms with E-state index in [1.165, 1.54) is 32.1 Å². The van der Waals surface area contributed by atoms with Crippen LogP contribution in [0.2, 0.25) is 0 Å².